The minimum absolute atomic E-state index is 0.0405. The molecule has 0 radical (unpaired) electrons. The van der Waals surface area contributed by atoms with Crippen molar-refractivity contribution in [1.82, 2.24) is 0 Å². The number of carbonyl (C=O) groups excluding carboxylic acids is 4. The van der Waals surface area contributed by atoms with E-state index < -0.39 is 68.8 Å². The molecule has 2 aliphatic carbocycles. The summed E-state index contributed by atoms with van der Waals surface area (Å²) in [5.74, 6) is -8.66. The summed E-state index contributed by atoms with van der Waals surface area (Å²) in [4.78, 5) is 65.9. The highest BCUT2D eigenvalue weighted by atomic mass is 35.5. The Kier molecular flexibility index (Phi) is 7.00. The van der Waals surface area contributed by atoms with Crippen LogP contribution in [0, 0.1) is 23.6 Å². The van der Waals surface area contributed by atoms with Gasteiger partial charge in [0, 0.05) is 17.5 Å². The number of carboxylic acid groups (broad SMARTS) is 1. The second-order valence-electron chi connectivity index (χ2n) is 12.0. The highest BCUT2D eigenvalue weighted by Gasteiger charge is 2.77. The number of phenols is 1. The smallest absolute Gasteiger partial charge is 0.335 e. The molecule has 2 N–H and O–H groups in total. The highest BCUT2D eigenvalue weighted by molar-refractivity contribution is 6.58. The third-order valence-electron chi connectivity index (χ3n) is 9.78. The number of aromatic hydroxyl groups is 1. The number of imide groups is 2. The van der Waals surface area contributed by atoms with Crippen LogP contribution < -0.4 is 14.5 Å². The lowest BCUT2D eigenvalue weighted by Gasteiger charge is -2.50. The second-order valence-corrected chi connectivity index (χ2v) is 13.3. The number of phenolic OH excluding ortho intramolecular Hbond substituents is 1. The summed E-state index contributed by atoms with van der Waals surface area (Å²) in [5, 5.41) is 19.8. The zero-order chi connectivity index (χ0) is 33.6. The summed E-state index contributed by atoms with van der Waals surface area (Å²) in [7, 11) is 1.35. The SMILES string of the molecule is COc1cc(O)ccc1C1C2=CCC3C(=O)N(c4cccc(C(=O)O)c4)C(=O)C3C2CC2(Cl)C(=O)N(c3ccc(F)cc3)C(=O)C12Cl. The van der Waals surface area contributed by atoms with E-state index in [0.29, 0.717) is 11.1 Å². The first-order valence-electron chi connectivity index (χ1n) is 14.6. The maximum Gasteiger partial charge on any atom is 0.335 e. The number of methoxy groups -OCH3 is 1. The summed E-state index contributed by atoms with van der Waals surface area (Å²) in [6.07, 6.45) is 1.52. The molecule has 3 aromatic carbocycles. The van der Waals surface area contributed by atoms with Gasteiger partial charge in [-0.05, 0) is 67.3 Å². The minimum atomic E-state index is -2.18. The normalized spacial score (nSPS) is 29.7. The van der Waals surface area contributed by atoms with Crippen LogP contribution in [0.4, 0.5) is 15.8 Å². The van der Waals surface area contributed by atoms with Crippen molar-refractivity contribution >= 4 is 64.2 Å². The van der Waals surface area contributed by atoms with Gasteiger partial charge in [-0.1, -0.05) is 23.8 Å². The Morgan fingerprint density at radius 1 is 0.915 bits per heavy atom. The average molecular weight is 679 g/mol. The molecule has 7 rings (SSSR count). The van der Waals surface area contributed by atoms with E-state index in [4.69, 9.17) is 27.9 Å². The first-order chi connectivity index (χ1) is 22.3. The standard InChI is InChI=1S/C34H25Cl2FN2O8/c1-47-25-14-20(40)9-10-22(25)27-21-11-12-23-26(29(42)38(28(23)41)19-4-2-3-16(13-19)30(43)44)24(21)15-33(35)31(45)39(32(46)34(27,33)36)18-7-5-17(37)6-8-18/h2-11,13-14,23-24,26-27,40H,12,15H2,1H3,(H,43,44). The fraction of sp³-hybridized carbons (Fsp3) is 0.265. The molecule has 6 unspecified atom stereocenters. The van der Waals surface area contributed by atoms with Gasteiger partial charge >= 0.3 is 5.97 Å². The van der Waals surface area contributed by atoms with Gasteiger partial charge in [0.2, 0.25) is 11.8 Å². The molecule has 2 saturated heterocycles. The molecule has 3 aromatic rings. The molecule has 4 aliphatic rings. The van der Waals surface area contributed by atoms with Gasteiger partial charge in [-0.3, -0.25) is 24.1 Å². The number of allylic oxidation sites excluding steroid dienone is 2. The maximum absolute atomic E-state index is 14.5. The number of carboxylic acids is 1. The van der Waals surface area contributed by atoms with Crippen molar-refractivity contribution in [1.29, 1.82) is 0 Å². The average Bonchev–Trinajstić information content (AvgIpc) is 3.39. The van der Waals surface area contributed by atoms with Gasteiger partial charge in [0.25, 0.3) is 11.8 Å². The molecule has 240 valence electrons. The number of rotatable bonds is 5. The molecule has 0 spiro atoms. The molecule has 2 aliphatic heterocycles. The molecule has 13 heteroatoms. The number of hydrogen-bond donors (Lipinski definition) is 2. The van der Waals surface area contributed by atoms with Gasteiger partial charge in [0.1, 0.15) is 17.3 Å². The molecule has 0 aromatic heterocycles. The number of hydrogen-bond acceptors (Lipinski definition) is 7. The lowest BCUT2D eigenvalue weighted by atomic mass is 9.56. The van der Waals surface area contributed by atoms with Crippen LogP contribution in [0.5, 0.6) is 11.5 Å². The Bertz CT molecular complexity index is 1950. The van der Waals surface area contributed by atoms with Crippen molar-refractivity contribution in [2.24, 2.45) is 17.8 Å². The van der Waals surface area contributed by atoms with Crippen molar-refractivity contribution in [3.8, 4) is 11.5 Å². The zero-order valence-electron chi connectivity index (χ0n) is 24.5. The van der Waals surface area contributed by atoms with Gasteiger partial charge in [-0.2, -0.15) is 0 Å². The Labute approximate surface area is 276 Å². The molecule has 47 heavy (non-hydrogen) atoms. The predicted octanol–water partition coefficient (Wildman–Crippen LogP) is 5.01. The molecular formula is C34H25Cl2FN2O8. The Balaban J connectivity index is 1.40. The summed E-state index contributed by atoms with van der Waals surface area (Å²) in [6, 6.07) is 14.3. The van der Waals surface area contributed by atoms with E-state index in [1.54, 1.807) is 6.08 Å². The first-order valence-corrected chi connectivity index (χ1v) is 15.4. The molecule has 10 nitrogen and oxygen atoms in total. The third-order valence-corrected chi connectivity index (χ3v) is 11.2. The van der Waals surface area contributed by atoms with Gasteiger partial charge in [0.15, 0.2) is 9.75 Å². The lowest BCUT2D eigenvalue weighted by molar-refractivity contribution is -0.125. The number of amides is 4. The number of alkyl halides is 2. The Morgan fingerprint density at radius 3 is 2.32 bits per heavy atom. The summed E-state index contributed by atoms with van der Waals surface area (Å²) < 4.78 is 19.4. The van der Waals surface area contributed by atoms with E-state index in [2.05, 4.69) is 0 Å². The molecule has 0 bridgehead atoms. The topological polar surface area (TPSA) is 142 Å². The summed E-state index contributed by atoms with van der Waals surface area (Å²) in [6.45, 7) is 0. The zero-order valence-corrected chi connectivity index (χ0v) is 26.0. The van der Waals surface area contributed by atoms with Crippen molar-refractivity contribution in [3.05, 3.63) is 95.3 Å². The Morgan fingerprint density at radius 2 is 1.64 bits per heavy atom. The van der Waals surface area contributed by atoms with Gasteiger partial charge < -0.3 is 14.9 Å². The van der Waals surface area contributed by atoms with Gasteiger partial charge in [0.05, 0.1) is 35.9 Å². The number of fused-ring (bicyclic) bond motifs is 4. The summed E-state index contributed by atoms with van der Waals surface area (Å²) >= 11 is 14.7. The molecular weight excluding hydrogens is 654 g/mol. The van der Waals surface area contributed by atoms with Gasteiger partial charge in [-0.25, -0.2) is 14.1 Å². The molecule has 3 fully saturated rings. The Hall–Kier alpha value is -4.74. The van der Waals surface area contributed by atoms with Crippen LogP contribution in [0.15, 0.2) is 78.4 Å². The van der Waals surface area contributed by atoms with Crippen LogP contribution in [0.2, 0.25) is 0 Å². The van der Waals surface area contributed by atoms with Crippen molar-refractivity contribution < 1.29 is 43.3 Å². The molecule has 4 amide bonds. The number of nitrogens with zero attached hydrogens (tertiary/aromatic N) is 2. The van der Waals surface area contributed by atoms with E-state index in [-0.39, 0.29) is 41.3 Å². The highest BCUT2D eigenvalue weighted by Crippen LogP contribution is 2.66. The lowest BCUT2D eigenvalue weighted by Crippen LogP contribution is -2.60. The predicted molar refractivity (Wildman–Crippen MR) is 167 cm³/mol. The largest absolute Gasteiger partial charge is 0.508 e. The van der Waals surface area contributed by atoms with E-state index in [0.717, 1.165) is 21.9 Å². The molecule has 6 atom stereocenters. The van der Waals surface area contributed by atoms with E-state index in [1.165, 1.54) is 61.7 Å². The van der Waals surface area contributed by atoms with E-state index in [9.17, 15) is 38.6 Å². The first kappa shape index (κ1) is 30.9. The van der Waals surface area contributed by atoms with Crippen LogP contribution in [-0.4, -0.2) is 56.7 Å². The second kappa shape index (κ2) is 10.6. The minimum Gasteiger partial charge on any atom is -0.508 e. The monoisotopic (exact) mass is 678 g/mol. The summed E-state index contributed by atoms with van der Waals surface area (Å²) in [5.41, 5.74) is 0.816. The van der Waals surface area contributed by atoms with Crippen molar-refractivity contribution in [2.45, 2.75) is 28.5 Å². The number of aromatic carboxylic acids is 1. The third kappa shape index (κ3) is 4.19. The number of halogens is 3. The van der Waals surface area contributed by atoms with Crippen LogP contribution >= 0.6 is 23.2 Å². The number of ether oxygens (including phenoxy) is 1. The van der Waals surface area contributed by atoms with E-state index in [1.807, 2.05) is 0 Å². The van der Waals surface area contributed by atoms with Crippen LogP contribution in [0.25, 0.3) is 0 Å². The van der Waals surface area contributed by atoms with Crippen molar-refractivity contribution in [2.75, 3.05) is 16.9 Å². The fourth-order valence-corrected chi connectivity index (χ4v) is 8.64. The van der Waals surface area contributed by atoms with Gasteiger partial charge in [-0.15, -0.1) is 23.2 Å². The van der Waals surface area contributed by atoms with Crippen molar-refractivity contribution in [3.63, 3.8) is 0 Å². The number of carbonyl (C=O) groups is 5. The number of benzene rings is 3. The van der Waals surface area contributed by atoms with Crippen LogP contribution in [0.1, 0.15) is 34.7 Å². The molecule has 1 saturated carbocycles. The van der Waals surface area contributed by atoms with E-state index >= 15 is 0 Å². The fourth-order valence-electron chi connectivity index (χ4n) is 7.72. The van der Waals surface area contributed by atoms with Crippen LogP contribution in [-0.2, 0) is 19.2 Å². The maximum atomic E-state index is 14.5. The quantitative estimate of drug-likeness (QED) is 0.218. The van der Waals surface area contributed by atoms with Crippen LogP contribution in [0.3, 0.4) is 0 Å². The molecule has 2 heterocycles. The number of anilines is 2.